The van der Waals surface area contributed by atoms with Gasteiger partial charge in [-0.2, -0.15) is 0 Å². The van der Waals surface area contributed by atoms with Crippen LogP contribution < -0.4 is 10.2 Å². The summed E-state index contributed by atoms with van der Waals surface area (Å²) in [5.74, 6) is -1.51. The quantitative estimate of drug-likeness (QED) is 0.661. The second-order valence-corrected chi connectivity index (χ2v) is 5.75. The maximum Gasteiger partial charge on any atom is 0.339 e. The fraction of sp³-hybridized carbons (Fsp3) is 0.100. The SMILES string of the molecule is CN(C(=O)c1ccccc1C(=O)OCC(=O)Nc1ccon1)c1ccccc1. The van der Waals surface area contributed by atoms with Crippen LogP contribution in [-0.4, -0.2) is 36.6 Å². The Kier molecular flexibility index (Phi) is 5.81. The molecular formula is C20H17N3O5. The lowest BCUT2D eigenvalue weighted by atomic mass is 10.1. The molecule has 0 saturated carbocycles. The van der Waals surface area contributed by atoms with E-state index in [-0.39, 0.29) is 22.9 Å². The van der Waals surface area contributed by atoms with Gasteiger partial charge in [-0.05, 0) is 24.3 Å². The highest BCUT2D eigenvalue weighted by molar-refractivity contribution is 6.12. The van der Waals surface area contributed by atoms with E-state index < -0.39 is 18.5 Å². The van der Waals surface area contributed by atoms with Crippen LogP contribution in [0.3, 0.4) is 0 Å². The second kappa shape index (κ2) is 8.63. The molecule has 0 saturated heterocycles. The molecule has 8 heteroatoms. The summed E-state index contributed by atoms with van der Waals surface area (Å²) in [6.07, 6.45) is 1.30. The molecule has 2 amide bonds. The number of hydrogen-bond acceptors (Lipinski definition) is 6. The second-order valence-electron chi connectivity index (χ2n) is 5.75. The molecular weight excluding hydrogens is 362 g/mol. The van der Waals surface area contributed by atoms with Crippen LogP contribution in [0.4, 0.5) is 11.5 Å². The molecule has 8 nitrogen and oxygen atoms in total. The van der Waals surface area contributed by atoms with Crippen molar-refractivity contribution in [1.82, 2.24) is 5.16 Å². The van der Waals surface area contributed by atoms with Crippen LogP contribution in [0.1, 0.15) is 20.7 Å². The Hall–Kier alpha value is -3.94. The van der Waals surface area contributed by atoms with E-state index in [2.05, 4.69) is 15.0 Å². The molecule has 1 heterocycles. The van der Waals surface area contributed by atoms with Crippen molar-refractivity contribution >= 4 is 29.3 Å². The van der Waals surface area contributed by atoms with Crippen molar-refractivity contribution in [3.63, 3.8) is 0 Å². The van der Waals surface area contributed by atoms with Crippen LogP contribution in [-0.2, 0) is 9.53 Å². The molecule has 0 atom stereocenters. The normalized spacial score (nSPS) is 10.2. The van der Waals surface area contributed by atoms with Gasteiger partial charge in [-0.1, -0.05) is 35.5 Å². The molecule has 0 aliphatic rings. The number of nitrogens with one attached hydrogen (secondary N) is 1. The molecule has 28 heavy (non-hydrogen) atoms. The van der Waals surface area contributed by atoms with E-state index in [1.165, 1.54) is 29.4 Å². The van der Waals surface area contributed by atoms with Gasteiger partial charge < -0.3 is 19.5 Å². The van der Waals surface area contributed by atoms with Crippen molar-refractivity contribution in [2.24, 2.45) is 0 Å². The van der Waals surface area contributed by atoms with Crippen LogP contribution in [0.2, 0.25) is 0 Å². The largest absolute Gasteiger partial charge is 0.452 e. The number of carbonyl (C=O) groups is 3. The minimum atomic E-state index is -0.777. The van der Waals surface area contributed by atoms with Gasteiger partial charge in [-0.15, -0.1) is 0 Å². The molecule has 0 bridgehead atoms. The van der Waals surface area contributed by atoms with E-state index in [1.807, 2.05) is 18.2 Å². The van der Waals surface area contributed by atoms with Crippen LogP contribution in [0.15, 0.2) is 71.4 Å². The zero-order chi connectivity index (χ0) is 19.9. The first-order valence-electron chi connectivity index (χ1n) is 8.36. The molecule has 3 rings (SSSR count). The van der Waals surface area contributed by atoms with Crippen molar-refractivity contribution in [2.45, 2.75) is 0 Å². The Morgan fingerprint density at radius 2 is 1.68 bits per heavy atom. The summed E-state index contributed by atoms with van der Waals surface area (Å²) >= 11 is 0. The minimum absolute atomic E-state index is 0.0736. The summed E-state index contributed by atoms with van der Waals surface area (Å²) in [6.45, 7) is -0.525. The van der Waals surface area contributed by atoms with E-state index in [4.69, 9.17) is 4.74 Å². The fourth-order valence-corrected chi connectivity index (χ4v) is 2.46. The number of nitrogens with zero attached hydrogens (tertiary/aromatic N) is 2. The number of amides is 2. The average Bonchev–Trinajstić information content (AvgIpc) is 3.24. The summed E-state index contributed by atoms with van der Waals surface area (Å²) in [6, 6.07) is 16.8. The molecule has 1 aromatic heterocycles. The zero-order valence-electron chi connectivity index (χ0n) is 15.0. The topological polar surface area (TPSA) is 102 Å². The van der Waals surface area contributed by atoms with E-state index >= 15 is 0 Å². The third-order valence-corrected chi connectivity index (χ3v) is 3.87. The first kappa shape index (κ1) is 18.8. The smallest absolute Gasteiger partial charge is 0.339 e. The number of para-hydroxylation sites is 1. The van der Waals surface area contributed by atoms with E-state index in [0.717, 1.165) is 0 Å². The van der Waals surface area contributed by atoms with Crippen molar-refractivity contribution in [3.8, 4) is 0 Å². The lowest BCUT2D eigenvalue weighted by Crippen LogP contribution is -2.28. The van der Waals surface area contributed by atoms with Crippen molar-refractivity contribution in [3.05, 3.63) is 78.1 Å². The van der Waals surface area contributed by atoms with Crippen LogP contribution in [0.25, 0.3) is 0 Å². The van der Waals surface area contributed by atoms with Gasteiger partial charge >= 0.3 is 5.97 Å². The Bertz CT molecular complexity index is 971. The highest BCUT2D eigenvalue weighted by Gasteiger charge is 2.22. The van der Waals surface area contributed by atoms with Gasteiger partial charge in [0.2, 0.25) is 0 Å². The molecule has 0 aliphatic carbocycles. The molecule has 0 aliphatic heterocycles. The number of benzene rings is 2. The maximum atomic E-state index is 12.8. The molecule has 3 aromatic rings. The predicted octanol–water partition coefficient (Wildman–Crippen LogP) is 2.75. The van der Waals surface area contributed by atoms with E-state index in [1.54, 1.807) is 31.3 Å². The Balaban J connectivity index is 1.69. The van der Waals surface area contributed by atoms with Crippen LogP contribution >= 0.6 is 0 Å². The van der Waals surface area contributed by atoms with Gasteiger partial charge in [0.05, 0.1) is 11.1 Å². The molecule has 1 N–H and O–H groups in total. The Labute approximate surface area is 160 Å². The number of rotatable bonds is 6. The minimum Gasteiger partial charge on any atom is -0.452 e. The van der Waals surface area contributed by atoms with Crippen LogP contribution in [0, 0.1) is 0 Å². The van der Waals surface area contributed by atoms with Crippen molar-refractivity contribution in [2.75, 3.05) is 23.9 Å². The summed E-state index contributed by atoms with van der Waals surface area (Å²) in [4.78, 5) is 38.5. The Morgan fingerprint density at radius 1 is 1.00 bits per heavy atom. The Morgan fingerprint density at radius 3 is 2.36 bits per heavy atom. The van der Waals surface area contributed by atoms with Gasteiger partial charge in [-0.3, -0.25) is 9.59 Å². The summed E-state index contributed by atoms with van der Waals surface area (Å²) in [7, 11) is 1.62. The van der Waals surface area contributed by atoms with Gasteiger partial charge in [0.25, 0.3) is 11.8 Å². The fourth-order valence-electron chi connectivity index (χ4n) is 2.46. The summed E-state index contributed by atoms with van der Waals surface area (Å²) in [5.41, 5.74) is 0.933. The molecule has 0 radical (unpaired) electrons. The van der Waals surface area contributed by atoms with E-state index in [9.17, 15) is 14.4 Å². The number of hydrogen-bond donors (Lipinski definition) is 1. The van der Waals surface area contributed by atoms with Gasteiger partial charge in [0, 0.05) is 18.8 Å². The average molecular weight is 379 g/mol. The number of aromatic nitrogens is 1. The molecule has 142 valence electrons. The first-order valence-corrected chi connectivity index (χ1v) is 8.36. The van der Waals surface area contributed by atoms with Gasteiger partial charge in [0.15, 0.2) is 12.4 Å². The van der Waals surface area contributed by atoms with Gasteiger partial charge in [-0.25, -0.2) is 4.79 Å². The van der Waals surface area contributed by atoms with Crippen molar-refractivity contribution < 1.29 is 23.6 Å². The lowest BCUT2D eigenvalue weighted by Gasteiger charge is -2.18. The number of ether oxygens (including phenoxy) is 1. The maximum absolute atomic E-state index is 12.8. The van der Waals surface area contributed by atoms with Crippen molar-refractivity contribution in [1.29, 1.82) is 0 Å². The zero-order valence-corrected chi connectivity index (χ0v) is 15.0. The summed E-state index contributed by atoms with van der Waals surface area (Å²) in [5, 5.41) is 5.94. The highest BCUT2D eigenvalue weighted by atomic mass is 16.5. The number of esters is 1. The standard InChI is InChI=1S/C20H17N3O5/c1-23(14-7-3-2-4-8-14)19(25)15-9-5-6-10-16(15)20(26)27-13-18(24)21-17-11-12-28-22-17/h2-12H,13H2,1H3,(H,21,22,24). The first-order chi connectivity index (χ1) is 13.6. The molecule has 0 spiro atoms. The lowest BCUT2D eigenvalue weighted by molar-refractivity contribution is -0.119. The molecule has 2 aromatic carbocycles. The summed E-state index contributed by atoms with van der Waals surface area (Å²) < 4.78 is 9.63. The van der Waals surface area contributed by atoms with Crippen LogP contribution in [0.5, 0.6) is 0 Å². The number of anilines is 2. The third kappa shape index (κ3) is 4.42. The van der Waals surface area contributed by atoms with Gasteiger partial charge in [0.1, 0.15) is 6.26 Å². The third-order valence-electron chi connectivity index (χ3n) is 3.87. The number of carbonyl (C=O) groups excluding carboxylic acids is 3. The van der Waals surface area contributed by atoms with E-state index in [0.29, 0.717) is 5.69 Å². The monoisotopic (exact) mass is 379 g/mol. The predicted molar refractivity (Wildman–Crippen MR) is 101 cm³/mol. The molecule has 0 fully saturated rings. The highest BCUT2D eigenvalue weighted by Crippen LogP contribution is 2.18. The molecule has 0 unspecified atom stereocenters.